The van der Waals surface area contributed by atoms with E-state index in [1.165, 1.54) is 42.6 Å². The Morgan fingerprint density at radius 3 is 2.85 bits per heavy atom. The van der Waals surface area contributed by atoms with Crippen molar-refractivity contribution >= 4 is 0 Å². The highest BCUT2D eigenvalue weighted by Crippen LogP contribution is 2.46. The van der Waals surface area contributed by atoms with Gasteiger partial charge in [-0.1, -0.05) is 6.07 Å². The second-order valence-electron chi connectivity index (χ2n) is 5.94. The Balaban J connectivity index is 1.88. The molecule has 1 atom stereocenters. The molecule has 2 aliphatic carbocycles. The Morgan fingerprint density at radius 2 is 2.15 bits per heavy atom. The summed E-state index contributed by atoms with van der Waals surface area (Å²) >= 11 is 0. The molecule has 0 saturated heterocycles. The number of rotatable bonds is 3. The minimum absolute atomic E-state index is 0.492. The van der Waals surface area contributed by atoms with Gasteiger partial charge in [0.1, 0.15) is 0 Å². The second kappa shape index (κ2) is 4.70. The summed E-state index contributed by atoms with van der Waals surface area (Å²) in [6.45, 7) is 0.737. The highest BCUT2D eigenvalue weighted by atomic mass is 15.3. The predicted molar refractivity (Wildman–Crippen MR) is 78.1 cm³/mol. The van der Waals surface area contributed by atoms with E-state index in [9.17, 15) is 0 Å². The average molecular weight is 268 g/mol. The van der Waals surface area contributed by atoms with Gasteiger partial charge in [-0.15, -0.1) is 0 Å². The van der Waals surface area contributed by atoms with Gasteiger partial charge in [0.15, 0.2) is 5.82 Å². The van der Waals surface area contributed by atoms with Crippen molar-refractivity contribution in [2.75, 3.05) is 6.54 Å². The van der Waals surface area contributed by atoms with Crippen molar-refractivity contribution in [2.45, 2.75) is 43.9 Å². The van der Waals surface area contributed by atoms with E-state index in [2.05, 4.69) is 9.67 Å². The summed E-state index contributed by atoms with van der Waals surface area (Å²) in [5, 5.41) is 4.92. The monoisotopic (exact) mass is 268 g/mol. The molecule has 0 aromatic carbocycles. The standard InChI is InChI=1S/C16H20N4/c17-10-12-4-3-5-13-15(12)16(11-7-8-11)19-20(13)14-6-1-2-9-18-14/h1-2,6,9,11-12H,3-5,7-8,10,17H2. The maximum Gasteiger partial charge on any atom is 0.153 e. The molecule has 0 amide bonds. The first-order valence-electron chi connectivity index (χ1n) is 7.61. The van der Waals surface area contributed by atoms with E-state index in [0.29, 0.717) is 11.8 Å². The van der Waals surface area contributed by atoms with E-state index in [1.54, 1.807) is 0 Å². The van der Waals surface area contributed by atoms with Crippen LogP contribution in [0.3, 0.4) is 0 Å². The maximum atomic E-state index is 6.00. The molecule has 20 heavy (non-hydrogen) atoms. The lowest BCUT2D eigenvalue weighted by Crippen LogP contribution is -2.19. The Bertz CT molecular complexity index is 613. The van der Waals surface area contributed by atoms with Crippen LogP contribution in [-0.2, 0) is 6.42 Å². The maximum absolute atomic E-state index is 6.00. The number of nitrogens with zero attached hydrogens (tertiary/aromatic N) is 3. The van der Waals surface area contributed by atoms with E-state index in [1.807, 2.05) is 24.4 Å². The zero-order valence-electron chi connectivity index (χ0n) is 11.6. The molecule has 2 aliphatic rings. The van der Waals surface area contributed by atoms with Crippen molar-refractivity contribution in [1.82, 2.24) is 14.8 Å². The van der Waals surface area contributed by atoms with Gasteiger partial charge in [0.05, 0.1) is 5.69 Å². The third-order valence-electron chi connectivity index (χ3n) is 4.54. The van der Waals surface area contributed by atoms with Crippen LogP contribution >= 0.6 is 0 Å². The van der Waals surface area contributed by atoms with Crippen LogP contribution in [0.1, 0.15) is 54.5 Å². The van der Waals surface area contributed by atoms with Crippen molar-refractivity contribution < 1.29 is 0 Å². The first-order valence-corrected chi connectivity index (χ1v) is 7.61. The molecule has 2 aromatic rings. The summed E-state index contributed by atoms with van der Waals surface area (Å²) in [6.07, 6.45) is 7.91. The van der Waals surface area contributed by atoms with Crippen LogP contribution < -0.4 is 5.73 Å². The van der Waals surface area contributed by atoms with Gasteiger partial charge >= 0.3 is 0 Å². The van der Waals surface area contributed by atoms with Gasteiger partial charge in [-0.25, -0.2) is 9.67 Å². The molecule has 2 heterocycles. The lowest BCUT2D eigenvalue weighted by molar-refractivity contribution is 0.546. The van der Waals surface area contributed by atoms with Crippen molar-refractivity contribution in [3.8, 4) is 5.82 Å². The van der Waals surface area contributed by atoms with Gasteiger partial charge in [-0.2, -0.15) is 5.10 Å². The molecule has 4 rings (SSSR count). The highest BCUT2D eigenvalue weighted by Gasteiger charge is 2.36. The molecule has 4 nitrogen and oxygen atoms in total. The molecule has 1 saturated carbocycles. The zero-order valence-corrected chi connectivity index (χ0v) is 11.6. The summed E-state index contributed by atoms with van der Waals surface area (Å²) in [4.78, 5) is 4.47. The minimum Gasteiger partial charge on any atom is -0.330 e. The highest BCUT2D eigenvalue weighted by molar-refractivity contribution is 5.40. The normalized spacial score (nSPS) is 21.8. The number of hydrogen-bond acceptors (Lipinski definition) is 3. The molecule has 2 N–H and O–H groups in total. The lowest BCUT2D eigenvalue weighted by Gasteiger charge is -2.22. The van der Waals surface area contributed by atoms with Crippen LogP contribution in [-0.4, -0.2) is 21.3 Å². The summed E-state index contributed by atoms with van der Waals surface area (Å²) in [7, 11) is 0. The molecule has 0 aliphatic heterocycles. The molecule has 0 bridgehead atoms. The van der Waals surface area contributed by atoms with Crippen molar-refractivity contribution in [2.24, 2.45) is 5.73 Å². The zero-order chi connectivity index (χ0) is 13.5. The van der Waals surface area contributed by atoms with Gasteiger partial charge < -0.3 is 5.73 Å². The molecule has 1 fully saturated rings. The molecule has 0 spiro atoms. The topological polar surface area (TPSA) is 56.7 Å². The van der Waals surface area contributed by atoms with E-state index < -0.39 is 0 Å². The number of fused-ring (bicyclic) bond motifs is 1. The first kappa shape index (κ1) is 12.1. The van der Waals surface area contributed by atoms with E-state index in [0.717, 1.165) is 18.8 Å². The third-order valence-corrected chi connectivity index (χ3v) is 4.54. The largest absolute Gasteiger partial charge is 0.330 e. The summed E-state index contributed by atoms with van der Waals surface area (Å²) in [5.74, 6) is 2.10. The van der Waals surface area contributed by atoms with Gasteiger partial charge in [0, 0.05) is 23.4 Å². The lowest BCUT2D eigenvalue weighted by atomic mass is 9.84. The summed E-state index contributed by atoms with van der Waals surface area (Å²) in [6, 6.07) is 6.01. The predicted octanol–water partition coefficient (Wildman–Crippen LogP) is 2.52. The molecular formula is C16H20N4. The van der Waals surface area contributed by atoms with E-state index in [4.69, 9.17) is 10.8 Å². The van der Waals surface area contributed by atoms with Crippen LogP contribution in [0.2, 0.25) is 0 Å². The Hall–Kier alpha value is -1.68. The molecule has 0 radical (unpaired) electrons. The van der Waals surface area contributed by atoms with Crippen LogP contribution in [0, 0.1) is 0 Å². The SMILES string of the molecule is NCC1CCCc2c1c(C1CC1)nn2-c1ccccn1. The fourth-order valence-electron chi connectivity index (χ4n) is 3.39. The van der Waals surface area contributed by atoms with E-state index >= 15 is 0 Å². The Labute approximate surface area is 119 Å². The number of nitrogens with two attached hydrogens (primary N) is 1. The smallest absolute Gasteiger partial charge is 0.153 e. The van der Waals surface area contributed by atoms with Gasteiger partial charge in [0.25, 0.3) is 0 Å². The van der Waals surface area contributed by atoms with Crippen molar-refractivity contribution in [3.05, 3.63) is 41.3 Å². The molecule has 104 valence electrons. The van der Waals surface area contributed by atoms with E-state index in [-0.39, 0.29) is 0 Å². The van der Waals surface area contributed by atoms with Gasteiger partial charge in [-0.05, 0) is 56.7 Å². The first-order chi connectivity index (χ1) is 9.88. The van der Waals surface area contributed by atoms with Crippen molar-refractivity contribution in [1.29, 1.82) is 0 Å². The molecule has 2 aromatic heterocycles. The summed E-state index contributed by atoms with van der Waals surface area (Å²) in [5.41, 5.74) is 10.1. The molecule has 4 heteroatoms. The van der Waals surface area contributed by atoms with Crippen LogP contribution in [0.15, 0.2) is 24.4 Å². The van der Waals surface area contributed by atoms with Crippen LogP contribution in [0.4, 0.5) is 0 Å². The fourth-order valence-corrected chi connectivity index (χ4v) is 3.39. The molecule has 1 unspecified atom stereocenters. The van der Waals surface area contributed by atoms with Crippen molar-refractivity contribution in [3.63, 3.8) is 0 Å². The number of aromatic nitrogens is 3. The molecular weight excluding hydrogens is 248 g/mol. The van der Waals surface area contributed by atoms with Crippen LogP contribution in [0.5, 0.6) is 0 Å². The second-order valence-corrected chi connectivity index (χ2v) is 5.94. The van der Waals surface area contributed by atoms with Crippen LogP contribution in [0.25, 0.3) is 5.82 Å². The Kier molecular flexibility index (Phi) is 2.84. The van der Waals surface area contributed by atoms with Gasteiger partial charge in [-0.3, -0.25) is 0 Å². The fraction of sp³-hybridized carbons (Fsp3) is 0.500. The quantitative estimate of drug-likeness (QED) is 0.930. The average Bonchev–Trinajstić information content (AvgIpc) is 3.28. The minimum atomic E-state index is 0.492. The third kappa shape index (κ3) is 1.86. The number of hydrogen-bond donors (Lipinski definition) is 1. The summed E-state index contributed by atoms with van der Waals surface area (Å²) < 4.78 is 2.07. The van der Waals surface area contributed by atoms with Gasteiger partial charge in [0.2, 0.25) is 0 Å². The number of pyridine rings is 1. The Morgan fingerprint density at radius 1 is 1.25 bits per heavy atom.